The molecular formula is C23H19ClN6. The Hall–Kier alpha value is -3.25. The van der Waals surface area contributed by atoms with E-state index in [4.69, 9.17) is 11.6 Å². The highest BCUT2D eigenvalue weighted by Gasteiger charge is 2.24. The zero-order chi connectivity index (χ0) is 20.1. The average molecular weight is 415 g/mol. The third kappa shape index (κ3) is 3.04. The Morgan fingerprint density at radius 2 is 2.00 bits per heavy atom. The van der Waals surface area contributed by atoms with Crippen LogP contribution in [0.2, 0.25) is 5.02 Å². The first-order valence-electron chi connectivity index (χ1n) is 10.1. The summed E-state index contributed by atoms with van der Waals surface area (Å²) in [7, 11) is 0. The van der Waals surface area contributed by atoms with Crippen molar-refractivity contribution in [2.75, 3.05) is 0 Å². The molecule has 0 atom stereocenters. The van der Waals surface area contributed by atoms with Crippen molar-refractivity contribution in [2.45, 2.75) is 25.8 Å². The van der Waals surface area contributed by atoms with Crippen LogP contribution in [0.3, 0.4) is 0 Å². The van der Waals surface area contributed by atoms with E-state index in [1.54, 1.807) is 6.20 Å². The third-order valence-corrected chi connectivity index (χ3v) is 6.14. The van der Waals surface area contributed by atoms with Crippen LogP contribution in [-0.2, 0) is 13.0 Å². The predicted octanol–water partition coefficient (Wildman–Crippen LogP) is 4.80. The summed E-state index contributed by atoms with van der Waals surface area (Å²) in [6.45, 7) is 0.687. The van der Waals surface area contributed by atoms with Crippen LogP contribution in [0.1, 0.15) is 24.2 Å². The van der Waals surface area contributed by atoms with Crippen LogP contribution in [0, 0.1) is 5.92 Å². The van der Waals surface area contributed by atoms with Gasteiger partial charge in [0.2, 0.25) is 0 Å². The summed E-state index contributed by atoms with van der Waals surface area (Å²) in [4.78, 5) is 4.19. The summed E-state index contributed by atoms with van der Waals surface area (Å²) in [5.41, 5.74) is 4.92. The molecule has 6 nitrogen and oxygen atoms in total. The van der Waals surface area contributed by atoms with Gasteiger partial charge in [-0.05, 0) is 54.2 Å². The van der Waals surface area contributed by atoms with Gasteiger partial charge < -0.3 is 0 Å². The van der Waals surface area contributed by atoms with Gasteiger partial charge in [-0.1, -0.05) is 23.7 Å². The molecule has 0 amide bonds. The van der Waals surface area contributed by atoms with Gasteiger partial charge in [-0.2, -0.15) is 5.10 Å². The fraction of sp³-hybridized carbons (Fsp3) is 0.217. The Balaban J connectivity index is 1.36. The predicted molar refractivity (Wildman–Crippen MR) is 116 cm³/mol. The molecule has 1 aliphatic carbocycles. The van der Waals surface area contributed by atoms with E-state index in [0.29, 0.717) is 11.6 Å². The van der Waals surface area contributed by atoms with Crippen LogP contribution in [0.5, 0.6) is 0 Å². The van der Waals surface area contributed by atoms with Crippen LogP contribution in [0.4, 0.5) is 0 Å². The number of nitrogens with zero attached hydrogens (tertiary/aromatic N) is 6. The first kappa shape index (κ1) is 17.6. The molecule has 4 heterocycles. The minimum absolute atomic E-state index is 0.633. The van der Waals surface area contributed by atoms with Crippen molar-refractivity contribution in [1.29, 1.82) is 0 Å². The number of fused-ring (bicyclic) bond motifs is 2. The maximum absolute atomic E-state index is 6.75. The molecule has 0 saturated heterocycles. The SMILES string of the molecule is Clc1c(-c2ccc3c(cnn3Cc3cccnc3)c2)ccn2c(CC3CC3)nnc12. The summed E-state index contributed by atoms with van der Waals surface area (Å²) < 4.78 is 4.01. The molecule has 0 N–H and O–H groups in total. The van der Waals surface area contributed by atoms with E-state index >= 15 is 0 Å². The van der Waals surface area contributed by atoms with Gasteiger partial charge in [0, 0.05) is 36.0 Å². The topological polar surface area (TPSA) is 60.9 Å². The summed E-state index contributed by atoms with van der Waals surface area (Å²) in [6.07, 6.45) is 11.1. The van der Waals surface area contributed by atoms with Gasteiger partial charge in [0.15, 0.2) is 5.65 Å². The zero-order valence-electron chi connectivity index (χ0n) is 16.2. The molecule has 148 valence electrons. The lowest BCUT2D eigenvalue weighted by Gasteiger charge is -2.08. The fourth-order valence-electron chi connectivity index (χ4n) is 3.96. The Morgan fingerprint density at radius 3 is 2.83 bits per heavy atom. The first-order chi connectivity index (χ1) is 14.8. The maximum Gasteiger partial charge on any atom is 0.180 e. The van der Waals surface area contributed by atoms with Crippen LogP contribution in [0.25, 0.3) is 27.7 Å². The van der Waals surface area contributed by atoms with E-state index in [0.717, 1.165) is 51.4 Å². The van der Waals surface area contributed by atoms with Crippen LogP contribution < -0.4 is 0 Å². The second-order valence-corrected chi connectivity index (χ2v) is 8.32. The molecule has 4 aromatic heterocycles. The highest BCUT2D eigenvalue weighted by atomic mass is 35.5. The molecule has 1 aliphatic rings. The van der Waals surface area contributed by atoms with Crippen LogP contribution >= 0.6 is 11.6 Å². The van der Waals surface area contributed by atoms with Crippen LogP contribution in [0.15, 0.2) is 61.2 Å². The normalized spacial score (nSPS) is 14.0. The molecule has 0 aliphatic heterocycles. The summed E-state index contributed by atoms with van der Waals surface area (Å²) in [6, 6.07) is 12.4. The van der Waals surface area contributed by atoms with Gasteiger partial charge in [-0.15, -0.1) is 10.2 Å². The van der Waals surface area contributed by atoms with Crippen molar-refractivity contribution in [3.8, 4) is 11.1 Å². The number of benzene rings is 1. The number of hydrogen-bond donors (Lipinski definition) is 0. The van der Waals surface area contributed by atoms with Crippen LogP contribution in [-0.4, -0.2) is 29.4 Å². The van der Waals surface area contributed by atoms with Crippen molar-refractivity contribution in [1.82, 2.24) is 29.4 Å². The Labute approximate surface area is 178 Å². The monoisotopic (exact) mass is 414 g/mol. The molecule has 6 rings (SSSR count). The number of aromatic nitrogens is 6. The minimum atomic E-state index is 0.633. The fourth-order valence-corrected chi connectivity index (χ4v) is 4.26. The zero-order valence-corrected chi connectivity index (χ0v) is 17.0. The van der Waals surface area contributed by atoms with Gasteiger partial charge in [0.25, 0.3) is 0 Å². The number of halogens is 1. The Morgan fingerprint density at radius 1 is 1.07 bits per heavy atom. The highest BCUT2D eigenvalue weighted by molar-refractivity contribution is 6.36. The maximum atomic E-state index is 6.75. The van der Waals surface area contributed by atoms with E-state index in [-0.39, 0.29) is 0 Å². The van der Waals surface area contributed by atoms with Crippen molar-refractivity contribution < 1.29 is 0 Å². The molecule has 0 radical (unpaired) electrons. The molecule has 7 heteroatoms. The summed E-state index contributed by atoms with van der Waals surface area (Å²) in [5, 5.41) is 15.0. The lowest BCUT2D eigenvalue weighted by atomic mass is 10.0. The van der Waals surface area contributed by atoms with E-state index < -0.39 is 0 Å². The summed E-state index contributed by atoms with van der Waals surface area (Å²) >= 11 is 6.75. The quantitative estimate of drug-likeness (QED) is 0.414. The van der Waals surface area contributed by atoms with Gasteiger partial charge >= 0.3 is 0 Å². The Kier molecular flexibility index (Phi) is 4.06. The van der Waals surface area contributed by atoms with E-state index in [9.17, 15) is 0 Å². The third-order valence-electron chi connectivity index (χ3n) is 5.77. The van der Waals surface area contributed by atoms with Crippen molar-refractivity contribution >= 4 is 28.2 Å². The number of rotatable bonds is 5. The van der Waals surface area contributed by atoms with Gasteiger partial charge in [-0.25, -0.2) is 0 Å². The molecule has 1 fully saturated rings. The average Bonchev–Trinajstić information content (AvgIpc) is 3.37. The van der Waals surface area contributed by atoms with E-state index in [1.165, 1.54) is 12.8 Å². The standard InChI is InChI=1S/C23H19ClN6/c24-22-19(7-9-29-21(10-15-3-4-15)27-28-23(22)29)17-5-6-20-18(11-17)13-26-30(20)14-16-2-1-8-25-12-16/h1-2,5-9,11-13,15H,3-4,10,14H2. The first-order valence-corrected chi connectivity index (χ1v) is 10.5. The second-order valence-electron chi connectivity index (χ2n) is 7.94. The molecule has 1 aromatic carbocycles. The second kappa shape index (κ2) is 6.92. The Bertz CT molecular complexity index is 1370. The highest BCUT2D eigenvalue weighted by Crippen LogP contribution is 2.35. The largest absolute Gasteiger partial charge is 0.285 e. The lowest BCUT2D eigenvalue weighted by molar-refractivity contribution is 0.710. The van der Waals surface area contributed by atoms with Gasteiger partial charge in [0.05, 0.1) is 23.3 Å². The smallest absolute Gasteiger partial charge is 0.180 e. The molecule has 1 saturated carbocycles. The number of hydrogen-bond acceptors (Lipinski definition) is 4. The van der Waals surface area contributed by atoms with Gasteiger partial charge in [-0.3, -0.25) is 14.1 Å². The number of pyridine rings is 2. The molecule has 0 bridgehead atoms. The van der Waals surface area contributed by atoms with Crippen molar-refractivity contribution in [3.05, 3.63) is 77.6 Å². The van der Waals surface area contributed by atoms with Crippen molar-refractivity contribution in [3.63, 3.8) is 0 Å². The summed E-state index contributed by atoms with van der Waals surface area (Å²) in [5.74, 6) is 1.74. The molecule has 0 spiro atoms. The van der Waals surface area contributed by atoms with E-state index in [2.05, 4.69) is 50.6 Å². The van der Waals surface area contributed by atoms with Crippen molar-refractivity contribution in [2.24, 2.45) is 5.92 Å². The minimum Gasteiger partial charge on any atom is -0.285 e. The molecule has 30 heavy (non-hydrogen) atoms. The molecule has 5 aromatic rings. The lowest BCUT2D eigenvalue weighted by Crippen LogP contribution is -2.01. The molecule has 0 unspecified atom stereocenters. The van der Waals surface area contributed by atoms with E-state index in [1.807, 2.05) is 33.7 Å². The van der Waals surface area contributed by atoms with Gasteiger partial charge in [0.1, 0.15) is 5.82 Å². The molecular weight excluding hydrogens is 396 g/mol.